The van der Waals surface area contributed by atoms with E-state index < -0.39 is 0 Å². The maximum atomic E-state index is 5.86. The molecule has 0 saturated carbocycles. The number of nitrogens with one attached hydrogen (secondary N) is 1. The quantitative estimate of drug-likeness (QED) is 0.837. The van der Waals surface area contributed by atoms with Crippen molar-refractivity contribution in [3.8, 4) is 0 Å². The molecule has 1 aliphatic heterocycles. The third-order valence-electron chi connectivity index (χ3n) is 3.76. The van der Waals surface area contributed by atoms with Crippen LogP contribution >= 0.6 is 12.2 Å². The van der Waals surface area contributed by atoms with Gasteiger partial charge in [0.05, 0.1) is 11.1 Å². The summed E-state index contributed by atoms with van der Waals surface area (Å²) in [7, 11) is 2.13. The van der Waals surface area contributed by atoms with E-state index in [9.17, 15) is 0 Å². The van der Waals surface area contributed by atoms with Crippen LogP contribution in [0.2, 0.25) is 0 Å². The Balaban J connectivity index is 1.92. The van der Waals surface area contributed by atoms with E-state index in [1.165, 1.54) is 0 Å². The van der Waals surface area contributed by atoms with Crippen LogP contribution in [0.3, 0.4) is 0 Å². The van der Waals surface area contributed by atoms with E-state index in [4.69, 9.17) is 18.0 Å². The Hall–Kier alpha value is -1.76. The predicted molar refractivity (Wildman–Crippen MR) is 90.3 cm³/mol. The van der Waals surface area contributed by atoms with Crippen LogP contribution in [-0.2, 0) is 0 Å². The lowest BCUT2D eigenvalue weighted by Crippen LogP contribution is -2.47. The van der Waals surface area contributed by atoms with E-state index in [0.717, 1.165) is 48.5 Å². The van der Waals surface area contributed by atoms with E-state index >= 15 is 0 Å². The number of hydrogen-bond acceptors (Lipinski definition) is 5. The van der Waals surface area contributed by atoms with Crippen molar-refractivity contribution in [2.45, 2.75) is 0 Å². The molecular weight excluding hydrogens is 282 g/mol. The Morgan fingerprint density at radius 2 is 1.95 bits per heavy atom. The second-order valence-corrected chi connectivity index (χ2v) is 5.78. The topological polar surface area (TPSA) is 57.4 Å². The third kappa shape index (κ3) is 3.12. The molecule has 3 N–H and O–H groups in total. The second kappa shape index (κ2) is 5.93. The minimum atomic E-state index is 0.366. The number of hydrogen-bond donors (Lipinski definition) is 2. The average Bonchev–Trinajstić information content (AvgIpc) is 2.48. The summed E-state index contributed by atoms with van der Waals surface area (Å²) < 4.78 is 0. The average molecular weight is 301 g/mol. The highest BCUT2D eigenvalue weighted by atomic mass is 32.1. The monoisotopic (exact) mass is 301 g/mol. The fourth-order valence-electron chi connectivity index (χ4n) is 2.46. The normalized spacial score (nSPS) is 17.0. The molecule has 0 atom stereocenters. The van der Waals surface area contributed by atoms with Gasteiger partial charge in [0.25, 0.3) is 0 Å². The predicted octanol–water partition coefficient (Wildman–Crippen LogP) is 1.44. The number of likely N-dealkylation sites (N-methyl/N-ethyl adjacent to an activating group) is 1. The summed E-state index contributed by atoms with van der Waals surface area (Å²) in [5, 5.41) is 3.21. The summed E-state index contributed by atoms with van der Waals surface area (Å²) in [5.74, 6) is 0.741. The smallest absolute Gasteiger partial charge is 0.151 e. The van der Waals surface area contributed by atoms with Gasteiger partial charge in [0.2, 0.25) is 0 Å². The number of benzene rings is 1. The summed E-state index contributed by atoms with van der Waals surface area (Å²) >= 11 is 5.17. The molecule has 1 fully saturated rings. The van der Waals surface area contributed by atoms with Gasteiger partial charge in [-0.1, -0.05) is 30.4 Å². The van der Waals surface area contributed by atoms with Gasteiger partial charge in [-0.15, -0.1) is 0 Å². The van der Waals surface area contributed by atoms with Gasteiger partial charge in [-0.3, -0.25) is 0 Å². The number of rotatable bonds is 3. The Morgan fingerprint density at radius 1 is 1.24 bits per heavy atom. The number of piperazine rings is 1. The van der Waals surface area contributed by atoms with Crippen molar-refractivity contribution in [3.05, 3.63) is 35.9 Å². The summed E-state index contributed by atoms with van der Waals surface area (Å²) in [6.07, 6.45) is 0. The van der Waals surface area contributed by atoms with E-state index in [1.807, 2.05) is 30.3 Å². The van der Waals surface area contributed by atoms with Crippen LogP contribution in [0.15, 0.2) is 30.3 Å². The minimum absolute atomic E-state index is 0.366. The molecule has 0 unspecified atom stereocenters. The number of fused-ring (bicyclic) bond motifs is 1. The first-order chi connectivity index (χ1) is 10.1. The van der Waals surface area contributed by atoms with E-state index in [2.05, 4.69) is 27.4 Å². The fourth-order valence-corrected chi connectivity index (χ4v) is 2.61. The Kier molecular flexibility index (Phi) is 4.01. The molecule has 0 amide bonds. The van der Waals surface area contributed by atoms with Gasteiger partial charge in [-0.2, -0.15) is 0 Å². The summed E-state index contributed by atoms with van der Waals surface area (Å²) in [4.78, 5) is 7.35. The molecule has 1 saturated heterocycles. The van der Waals surface area contributed by atoms with Gasteiger partial charge in [0.1, 0.15) is 4.99 Å². The van der Waals surface area contributed by atoms with E-state index in [0.29, 0.717) is 4.99 Å². The Morgan fingerprint density at radius 3 is 2.67 bits per heavy atom. The van der Waals surface area contributed by atoms with Crippen LogP contribution in [0, 0.1) is 0 Å². The second-order valence-electron chi connectivity index (χ2n) is 5.34. The molecule has 3 rings (SSSR count). The van der Waals surface area contributed by atoms with Crippen molar-refractivity contribution in [2.75, 3.05) is 38.7 Å². The first-order valence-electron chi connectivity index (χ1n) is 7.03. The molecule has 5 nitrogen and oxygen atoms in total. The van der Waals surface area contributed by atoms with Crippen LogP contribution in [0.4, 0.5) is 5.82 Å². The number of thiocarbonyl (C=S) groups is 1. The lowest BCUT2D eigenvalue weighted by atomic mass is 10.1. The highest BCUT2D eigenvalue weighted by molar-refractivity contribution is 7.80. The van der Waals surface area contributed by atoms with Crippen molar-refractivity contribution in [1.82, 2.24) is 14.9 Å². The number of pyridine rings is 1. The van der Waals surface area contributed by atoms with Gasteiger partial charge in [0, 0.05) is 31.6 Å². The molecule has 110 valence electrons. The van der Waals surface area contributed by atoms with E-state index in [-0.39, 0.29) is 0 Å². The Bertz CT molecular complexity index is 664. The molecule has 2 aromatic rings. The van der Waals surface area contributed by atoms with Gasteiger partial charge in [-0.05, 0) is 19.2 Å². The van der Waals surface area contributed by atoms with Crippen LogP contribution < -0.4 is 11.2 Å². The molecule has 6 heteroatoms. The number of nitrogens with two attached hydrogens (primary N) is 1. The molecule has 0 aliphatic carbocycles. The van der Waals surface area contributed by atoms with Gasteiger partial charge in [-0.25, -0.2) is 9.99 Å². The number of para-hydroxylation sites is 1. The van der Waals surface area contributed by atoms with Gasteiger partial charge < -0.3 is 16.1 Å². The first kappa shape index (κ1) is 14.2. The lowest BCUT2D eigenvalue weighted by molar-refractivity contribution is 0.178. The van der Waals surface area contributed by atoms with Crippen LogP contribution in [0.5, 0.6) is 0 Å². The van der Waals surface area contributed by atoms with Crippen LogP contribution in [0.1, 0.15) is 5.56 Å². The SMILES string of the molecule is CN1CCN(Nc2nc3ccccc3cc2C(N)=S)CC1. The van der Waals surface area contributed by atoms with Crippen molar-refractivity contribution >= 4 is 33.9 Å². The zero-order chi connectivity index (χ0) is 14.8. The molecule has 21 heavy (non-hydrogen) atoms. The maximum absolute atomic E-state index is 5.86. The lowest BCUT2D eigenvalue weighted by Gasteiger charge is -2.33. The van der Waals surface area contributed by atoms with Gasteiger partial charge in [0.15, 0.2) is 5.82 Å². The third-order valence-corrected chi connectivity index (χ3v) is 3.98. The molecule has 2 heterocycles. The maximum Gasteiger partial charge on any atom is 0.151 e. The molecule has 0 radical (unpaired) electrons. The zero-order valence-corrected chi connectivity index (χ0v) is 12.9. The number of anilines is 1. The number of aromatic nitrogens is 1. The number of nitrogens with zero attached hydrogens (tertiary/aromatic N) is 3. The van der Waals surface area contributed by atoms with Gasteiger partial charge >= 0.3 is 0 Å². The van der Waals surface area contributed by atoms with Crippen molar-refractivity contribution in [2.24, 2.45) is 5.73 Å². The molecule has 0 spiro atoms. The van der Waals surface area contributed by atoms with Crippen molar-refractivity contribution in [1.29, 1.82) is 0 Å². The zero-order valence-electron chi connectivity index (χ0n) is 12.0. The molecule has 0 bridgehead atoms. The highest BCUT2D eigenvalue weighted by Gasteiger charge is 2.16. The van der Waals surface area contributed by atoms with Crippen molar-refractivity contribution < 1.29 is 0 Å². The van der Waals surface area contributed by atoms with Crippen LogP contribution in [0.25, 0.3) is 10.9 Å². The molecule has 1 aromatic heterocycles. The first-order valence-corrected chi connectivity index (χ1v) is 7.44. The summed E-state index contributed by atoms with van der Waals surface area (Å²) in [6, 6.07) is 9.98. The standard InChI is InChI=1S/C15H19N5S/c1-19-6-8-20(9-7-19)18-15-12(14(16)21)10-11-4-2-3-5-13(11)17-15/h2-5,10H,6-9H2,1H3,(H2,16,21)(H,17,18). The Labute approximate surface area is 129 Å². The molecule has 1 aliphatic rings. The minimum Gasteiger partial charge on any atom is -0.389 e. The highest BCUT2D eigenvalue weighted by Crippen LogP contribution is 2.21. The van der Waals surface area contributed by atoms with E-state index in [1.54, 1.807) is 0 Å². The molecule has 1 aromatic carbocycles. The largest absolute Gasteiger partial charge is 0.389 e. The van der Waals surface area contributed by atoms with Crippen molar-refractivity contribution in [3.63, 3.8) is 0 Å². The fraction of sp³-hybridized carbons (Fsp3) is 0.333. The summed E-state index contributed by atoms with van der Waals surface area (Å²) in [5.41, 5.74) is 11.0. The summed E-state index contributed by atoms with van der Waals surface area (Å²) in [6.45, 7) is 3.95. The van der Waals surface area contributed by atoms with Crippen LogP contribution in [-0.4, -0.2) is 53.1 Å². The number of hydrazine groups is 1. The molecular formula is C15H19N5S.